The normalized spacial score (nSPS) is 14.4. The lowest BCUT2D eigenvalue weighted by Gasteiger charge is -2.33. The van der Waals surface area contributed by atoms with E-state index >= 15 is 0 Å². The molecule has 1 aromatic heterocycles. The van der Waals surface area contributed by atoms with E-state index in [1.54, 1.807) is 0 Å². The van der Waals surface area contributed by atoms with Crippen LogP contribution in [0.1, 0.15) is 25.0 Å². The van der Waals surface area contributed by atoms with Gasteiger partial charge in [-0.05, 0) is 129 Å². The SMILES string of the molecule is CC1(C)c2c(ccc3cc(N4c5ccccc5Oc5ccccc54)ccc23)-c2ccc3oc4c5ccc(N6c7ccccc7Oc7ccccc76)cc5ccc4c3c21. The molecule has 2 aliphatic heterocycles. The van der Waals surface area contributed by atoms with Gasteiger partial charge in [0.05, 0.1) is 22.7 Å². The Labute approximate surface area is 334 Å². The second-order valence-electron chi connectivity index (χ2n) is 16.1. The molecule has 5 heteroatoms. The monoisotopic (exact) mass is 746 g/mol. The van der Waals surface area contributed by atoms with Crippen LogP contribution in [-0.2, 0) is 5.41 Å². The summed E-state index contributed by atoms with van der Waals surface area (Å²) in [6, 6.07) is 60.1. The zero-order valence-electron chi connectivity index (χ0n) is 31.8. The Balaban J connectivity index is 0.942. The number of rotatable bonds is 2. The van der Waals surface area contributed by atoms with E-state index in [0.717, 1.165) is 84.4 Å². The van der Waals surface area contributed by atoms with Crippen molar-refractivity contribution in [1.29, 1.82) is 0 Å². The van der Waals surface area contributed by atoms with E-state index in [-0.39, 0.29) is 5.41 Å². The number of fused-ring (bicyclic) bond motifs is 15. The Morgan fingerprint density at radius 3 is 1.43 bits per heavy atom. The summed E-state index contributed by atoms with van der Waals surface area (Å²) in [4.78, 5) is 4.60. The number of hydrogen-bond donors (Lipinski definition) is 0. The predicted molar refractivity (Wildman–Crippen MR) is 236 cm³/mol. The zero-order valence-corrected chi connectivity index (χ0v) is 31.8. The van der Waals surface area contributed by atoms with E-state index in [2.05, 4.69) is 145 Å². The minimum absolute atomic E-state index is 0.282. The van der Waals surface area contributed by atoms with Crippen LogP contribution in [0, 0.1) is 0 Å². The van der Waals surface area contributed by atoms with Crippen LogP contribution in [0.25, 0.3) is 54.6 Å². The Morgan fingerprint density at radius 1 is 0.414 bits per heavy atom. The minimum Gasteiger partial charge on any atom is -0.455 e. The van der Waals surface area contributed by atoms with Crippen molar-refractivity contribution >= 4 is 77.6 Å². The summed E-state index contributed by atoms with van der Waals surface area (Å²) < 4.78 is 19.5. The van der Waals surface area contributed by atoms with Gasteiger partial charge < -0.3 is 23.7 Å². The first-order chi connectivity index (χ1) is 28.5. The van der Waals surface area contributed by atoms with Gasteiger partial charge in [-0.25, -0.2) is 0 Å². The van der Waals surface area contributed by atoms with Crippen LogP contribution >= 0.6 is 0 Å². The van der Waals surface area contributed by atoms with Crippen LogP contribution in [0.3, 0.4) is 0 Å². The average Bonchev–Trinajstić information content (AvgIpc) is 3.76. The van der Waals surface area contributed by atoms with E-state index in [0.29, 0.717) is 0 Å². The van der Waals surface area contributed by atoms with Crippen LogP contribution in [0.4, 0.5) is 34.1 Å². The molecular weight excluding hydrogens is 713 g/mol. The van der Waals surface area contributed by atoms with Crippen molar-refractivity contribution in [2.24, 2.45) is 0 Å². The first kappa shape index (κ1) is 31.7. The lowest BCUT2D eigenvalue weighted by atomic mass is 9.78. The fourth-order valence-corrected chi connectivity index (χ4v) is 10.1. The number of benzene rings is 9. The molecule has 13 rings (SSSR count). The van der Waals surface area contributed by atoms with Crippen LogP contribution in [0.2, 0.25) is 0 Å². The maximum absolute atomic E-state index is 6.86. The number of anilines is 6. The maximum Gasteiger partial charge on any atom is 0.151 e. The van der Waals surface area contributed by atoms with Gasteiger partial charge in [0.25, 0.3) is 0 Å². The molecule has 0 saturated carbocycles. The quantitative estimate of drug-likeness (QED) is 0.176. The summed E-state index contributed by atoms with van der Waals surface area (Å²) in [5, 5.41) is 7.03. The topological polar surface area (TPSA) is 38.1 Å². The second kappa shape index (κ2) is 11.3. The van der Waals surface area contributed by atoms with Crippen molar-refractivity contribution in [3.8, 4) is 34.1 Å². The molecule has 5 nitrogen and oxygen atoms in total. The van der Waals surface area contributed by atoms with E-state index in [4.69, 9.17) is 13.9 Å². The van der Waals surface area contributed by atoms with Crippen LogP contribution < -0.4 is 19.3 Å². The molecular formula is C53H34N2O3. The molecule has 274 valence electrons. The summed E-state index contributed by atoms with van der Waals surface area (Å²) in [5.41, 5.74) is 13.1. The predicted octanol–water partition coefficient (Wildman–Crippen LogP) is 15.3. The lowest BCUT2D eigenvalue weighted by Crippen LogP contribution is -2.17. The molecule has 0 spiro atoms. The molecule has 3 heterocycles. The molecule has 0 bridgehead atoms. The highest BCUT2D eigenvalue weighted by molar-refractivity contribution is 6.19. The van der Waals surface area contributed by atoms with Gasteiger partial charge in [0.1, 0.15) is 11.2 Å². The summed E-state index contributed by atoms with van der Waals surface area (Å²) in [6.07, 6.45) is 0. The van der Waals surface area contributed by atoms with Crippen molar-refractivity contribution < 1.29 is 13.9 Å². The van der Waals surface area contributed by atoms with Gasteiger partial charge in [0, 0.05) is 32.9 Å². The first-order valence-electron chi connectivity index (χ1n) is 19.8. The van der Waals surface area contributed by atoms with E-state index in [1.165, 1.54) is 38.4 Å². The standard InChI is InChI=1S/C53H34N2O3/c1-53(2)50-35-25-21-33(54-40-11-3-7-15-44(40)56-45-16-8-4-12-41(45)54)29-31(35)19-23-37(50)38-27-28-48-49(51(38)53)39-24-20-32-30-34(22-26-36(32)52(39)58-48)55-42-13-5-9-17-46(42)57-47-18-10-6-14-43(47)55/h3-30H,1-2H3. The van der Waals surface area contributed by atoms with Crippen molar-refractivity contribution in [2.45, 2.75) is 19.3 Å². The van der Waals surface area contributed by atoms with Gasteiger partial charge in [-0.3, -0.25) is 0 Å². The molecule has 0 amide bonds. The minimum atomic E-state index is -0.282. The molecule has 1 aliphatic carbocycles. The molecule has 0 unspecified atom stereocenters. The van der Waals surface area contributed by atoms with Gasteiger partial charge in [-0.1, -0.05) is 92.7 Å². The maximum atomic E-state index is 6.86. The first-order valence-corrected chi connectivity index (χ1v) is 19.8. The smallest absolute Gasteiger partial charge is 0.151 e. The molecule has 10 aromatic rings. The number of nitrogens with zero attached hydrogens (tertiary/aromatic N) is 2. The Kier molecular flexibility index (Phi) is 6.17. The lowest BCUT2D eigenvalue weighted by molar-refractivity contribution is 0.477. The Hall–Kier alpha value is -7.50. The van der Waals surface area contributed by atoms with Crippen LogP contribution in [0.15, 0.2) is 174 Å². The van der Waals surface area contributed by atoms with Gasteiger partial charge in [-0.2, -0.15) is 0 Å². The summed E-state index contributed by atoms with van der Waals surface area (Å²) >= 11 is 0. The van der Waals surface area contributed by atoms with E-state index in [9.17, 15) is 0 Å². The van der Waals surface area contributed by atoms with Gasteiger partial charge in [-0.15, -0.1) is 0 Å². The number of hydrogen-bond acceptors (Lipinski definition) is 5. The highest BCUT2D eigenvalue weighted by atomic mass is 16.5. The van der Waals surface area contributed by atoms with Crippen molar-refractivity contribution in [1.82, 2.24) is 0 Å². The summed E-state index contributed by atoms with van der Waals surface area (Å²) in [7, 11) is 0. The van der Waals surface area contributed by atoms with E-state index < -0.39 is 0 Å². The Bertz CT molecular complexity index is 3320. The zero-order chi connectivity index (χ0) is 38.3. The molecule has 0 radical (unpaired) electrons. The van der Waals surface area contributed by atoms with Gasteiger partial charge >= 0.3 is 0 Å². The molecule has 58 heavy (non-hydrogen) atoms. The second-order valence-corrected chi connectivity index (χ2v) is 16.1. The fraction of sp³-hybridized carbons (Fsp3) is 0.0566. The van der Waals surface area contributed by atoms with Crippen LogP contribution in [-0.4, -0.2) is 0 Å². The third kappa shape index (κ3) is 4.20. The molecule has 0 saturated heterocycles. The molecule has 3 aliphatic rings. The third-order valence-electron chi connectivity index (χ3n) is 12.5. The van der Waals surface area contributed by atoms with Gasteiger partial charge in [0.2, 0.25) is 0 Å². The van der Waals surface area contributed by atoms with Crippen molar-refractivity contribution in [3.05, 3.63) is 181 Å². The number of ether oxygens (including phenoxy) is 2. The largest absolute Gasteiger partial charge is 0.455 e. The molecule has 0 atom stereocenters. The van der Waals surface area contributed by atoms with Gasteiger partial charge in [0.15, 0.2) is 23.0 Å². The number of para-hydroxylation sites is 8. The van der Waals surface area contributed by atoms with Crippen LogP contribution in [0.5, 0.6) is 23.0 Å². The third-order valence-corrected chi connectivity index (χ3v) is 12.5. The number of furan rings is 1. The highest BCUT2D eigenvalue weighted by Gasteiger charge is 2.40. The summed E-state index contributed by atoms with van der Waals surface area (Å²) in [6.45, 7) is 4.76. The van der Waals surface area contributed by atoms with Crippen molar-refractivity contribution in [3.63, 3.8) is 0 Å². The van der Waals surface area contributed by atoms with E-state index in [1.807, 2.05) is 48.5 Å². The average molecular weight is 747 g/mol. The molecule has 9 aromatic carbocycles. The Morgan fingerprint density at radius 2 is 0.862 bits per heavy atom. The van der Waals surface area contributed by atoms with Crippen molar-refractivity contribution in [2.75, 3.05) is 9.80 Å². The highest BCUT2D eigenvalue weighted by Crippen LogP contribution is 2.57. The summed E-state index contributed by atoms with van der Waals surface area (Å²) in [5.74, 6) is 3.39. The molecule has 0 fully saturated rings. The molecule has 0 N–H and O–H groups in total. The fourth-order valence-electron chi connectivity index (χ4n) is 10.1.